The molecule has 2 aliphatic rings. The molecule has 2 saturated carbocycles. The van der Waals surface area contributed by atoms with Gasteiger partial charge in [0, 0.05) is 12.1 Å². The number of amides is 1. The summed E-state index contributed by atoms with van der Waals surface area (Å²) < 4.78 is 64.4. The van der Waals surface area contributed by atoms with Gasteiger partial charge in [-0.3, -0.25) is 4.79 Å². The van der Waals surface area contributed by atoms with Crippen LogP contribution in [0.5, 0.6) is 0 Å². The topological polar surface area (TPSA) is 75.3 Å². The highest BCUT2D eigenvalue weighted by Gasteiger charge is 2.35. The molecule has 0 aromatic heterocycles. The molecule has 1 aromatic carbocycles. The van der Waals surface area contributed by atoms with Crippen molar-refractivity contribution in [3.05, 3.63) is 29.8 Å². The van der Waals surface area contributed by atoms with Crippen LogP contribution < -0.4 is 10.6 Å². The van der Waals surface area contributed by atoms with Gasteiger partial charge in [-0.25, -0.2) is 8.42 Å². The highest BCUT2D eigenvalue weighted by Crippen LogP contribution is 2.33. The molecule has 0 bridgehead atoms. The average Bonchev–Trinajstić information content (AvgIpc) is 2.73. The summed E-state index contributed by atoms with van der Waals surface area (Å²) in [5, 5.41) is 5.54. The van der Waals surface area contributed by atoms with Crippen LogP contribution in [0.4, 0.5) is 13.2 Å². The lowest BCUT2D eigenvalue weighted by Crippen LogP contribution is -2.45. The van der Waals surface area contributed by atoms with Crippen LogP contribution in [-0.2, 0) is 20.8 Å². The van der Waals surface area contributed by atoms with E-state index in [1.807, 2.05) is 0 Å². The SMILES string of the molecule is O=C(CNC1CCC(S(=O)(=O)c2cccc(C(F)(F)F)c2)CC1)NC1CCCCC1. The van der Waals surface area contributed by atoms with E-state index in [0.29, 0.717) is 25.7 Å². The van der Waals surface area contributed by atoms with Crippen LogP contribution >= 0.6 is 0 Å². The van der Waals surface area contributed by atoms with Gasteiger partial charge < -0.3 is 10.6 Å². The maximum atomic E-state index is 12.9. The number of nitrogens with one attached hydrogen (secondary N) is 2. The van der Waals surface area contributed by atoms with Crippen LogP contribution in [0.2, 0.25) is 0 Å². The Balaban J connectivity index is 1.49. The van der Waals surface area contributed by atoms with Crippen LogP contribution in [0.15, 0.2) is 29.2 Å². The first-order chi connectivity index (χ1) is 14.2. The van der Waals surface area contributed by atoms with E-state index in [0.717, 1.165) is 43.9 Å². The summed E-state index contributed by atoms with van der Waals surface area (Å²) >= 11 is 0. The van der Waals surface area contributed by atoms with E-state index in [1.165, 1.54) is 12.5 Å². The Morgan fingerprint density at radius 3 is 2.27 bits per heavy atom. The summed E-state index contributed by atoms with van der Waals surface area (Å²) in [5.74, 6) is -0.0411. The Labute approximate surface area is 175 Å². The molecule has 2 fully saturated rings. The molecule has 1 amide bonds. The van der Waals surface area contributed by atoms with Crippen molar-refractivity contribution < 1.29 is 26.4 Å². The molecule has 0 radical (unpaired) electrons. The second kappa shape index (κ2) is 9.68. The monoisotopic (exact) mass is 446 g/mol. The fourth-order valence-electron chi connectivity index (χ4n) is 4.38. The third kappa shape index (κ3) is 5.97. The van der Waals surface area contributed by atoms with Gasteiger partial charge in [-0.05, 0) is 56.7 Å². The van der Waals surface area contributed by atoms with E-state index in [9.17, 15) is 26.4 Å². The fraction of sp³-hybridized carbons (Fsp3) is 0.667. The predicted octanol–water partition coefficient (Wildman–Crippen LogP) is 3.83. The number of halogens is 3. The molecular weight excluding hydrogens is 417 g/mol. The van der Waals surface area contributed by atoms with Gasteiger partial charge in [0.2, 0.25) is 5.91 Å². The maximum Gasteiger partial charge on any atom is 0.416 e. The highest BCUT2D eigenvalue weighted by atomic mass is 32.2. The molecule has 0 spiro atoms. The van der Waals surface area contributed by atoms with E-state index < -0.39 is 26.8 Å². The lowest BCUT2D eigenvalue weighted by atomic mass is 9.94. The zero-order valence-electron chi connectivity index (χ0n) is 16.9. The van der Waals surface area contributed by atoms with Crippen LogP contribution in [-0.4, -0.2) is 38.2 Å². The summed E-state index contributed by atoms with van der Waals surface area (Å²) in [5.41, 5.74) is -0.956. The summed E-state index contributed by atoms with van der Waals surface area (Å²) in [7, 11) is -3.83. The first-order valence-corrected chi connectivity index (χ1v) is 12.1. The number of alkyl halides is 3. The van der Waals surface area contributed by atoms with Gasteiger partial charge in [0.25, 0.3) is 0 Å². The van der Waals surface area contributed by atoms with Crippen LogP contribution in [0.1, 0.15) is 63.4 Å². The van der Waals surface area contributed by atoms with Gasteiger partial charge in [-0.15, -0.1) is 0 Å². The van der Waals surface area contributed by atoms with Crippen molar-refractivity contribution >= 4 is 15.7 Å². The molecule has 9 heteroatoms. The second-order valence-corrected chi connectivity index (χ2v) is 10.6. The normalized spacial score (nSPS) is 23.8. The van der Waals surface area contributed by atoms with Crippen molar-refractivity contribution in [2.75, 3.05) is 6.54 Å². The highest BCUT2D eigenvalue weighted by molar-refractivity contribution is 7.92. The molecule has 2 aliphatic carbocycles. The second-order valence-electron chi connectivity index (χ2n) is 8.33. The van der Waals surface area contributed by atoms with Gasteiger partial charge in [0.15, 0.2) is 9.84 Å². The summed E-state index contributed by atoms with van der Waals surface area (Å²) in [4.78, 5) is 11.8. The lowest BCUT2D eigenvalue weighted by Gasteiger charge is -2.29. The predicted molar refractivity (Wildman–Crippen MR) is 108 cm³/mol. The average molecular weight is 447 g/mol. The Bertz CT molecular complexity index is 828. The molecule has 0 atom stereocenters. The van der Waals surface area contributed by atoms with Crippen LogP contribution in [0.3, 0.4) is 0 Å². The smallest absolute Gasteiger partial charge is 0.352 e. The van der Waals surface area contributed by atoms with Crippen molar-refractivity contribution in [2.24, 2.45) is 0 Å². The minimum absolute atomic E-state index is 0.0371. The standard InChI is InChI=1S/C21H29F3N2O3S/c22-21(23,24)15-5-4-8-19(13-15)30(28,29)18-11-9-16(10-12-18)25-14-20(27)26-17-6-2-1-3-7-17/h4-5,8,13,16-18,25H,1-3,6-7,9-12,14H2,(H,26,27). The molecule has 2 N–H and O–H groups in total. The van der Waals surface area contributed by atoms with E-state index in [1.54, 1.807) is 0 Å². The minimum atomic E-state index is -4.58. The van der Waals surface area contributed by atoms with Crippen molar-refractivity contribution in [1.29, 1.82) is 0 Å². The molecular formula is C21H29F3N2O3S. The van der Waals surface area contributed by atoms with Crippen LogP contribution in [0, 0.1) is 0 Å². The molecule has 0 aliphatic heterocycles. The third-order valence-corrected chi connectivity index (χ3v) is 8.38. The summed E-state index contributed by atoms with van der Waals surface area (Å²) in [6, 6.07) is 4.24. The first kappa shape index (κ1) is 23.1. The summed E-state index contributed by atoms with van der Waals surface area (Å²) in [6.45, 7) is 0.201. The number of hydrogen-bond donors (Lipinski definition) is 2. The number of hydrogen-bond acceptors (Lipinski definition) is 4. The Kier molecular flexibility index (Phi) is 7.44. The number of benzene rings is 1. The first-order valence-electron chi connectivity index (χ1n) is 10.6. The molecule has 1 aromatic rings. The lowest BCUT2D eigenvalue weighted by molar-refractivity contribution is -0.137. The van der Waals surface area contributed by atoms with E-state index in [2.05, 4.69) is 10.6 Å². The number of rotatable bonds is 6. The largest absolute Gasteiger partial charge is 0.416 e. The van der Waals surface area contributed by atoms with Gasteiger partial charge in [0.1, 0.15) is 0 Å². The zero-order chi connectivity index (χ0) is 21.8. The zero-order valence-corrected chi connectivity index (χ0v) is 17.7. The molecule has 168 valence electrons. The van der Waals surface area contributed by atoms with Gasteiger partial charge in [-0.2, -0.15) is 13.2 Å². The van der Waals surface area contributed by atoms with Gasteiger partial charge in [0.05, 0.1) is 22.3 Å². The van der Waals surface area contributed by atoms with Crippen LogP contribution in [0.25, 0.3) is 0 Å². The van der Waals surface area contributed by atoms with Crippen molar-refractivity contribution in [1.82, 2.24) is 10.6 Å². The number of carbonyl (C=O) groups excluding carboxylic acids is 1. The van der Waals surface area contributed by atoms with E-state index in [4.69, 9.17) is 0 Å². The maximum absolute atomic E-state index is 12.9. The molecule has 30 heavy (non-hydrogen) atoms. The van der Waals surface area contributed by atoms with Crippen molar-refractivity contribution in [2.45, 2.75) is 86.2 Å². The Hall–Kier alpha value is -1.61. The number of carbonyl (C=O) groups is 1. The third-order valence-electron chi connectivity index (χ3n) is 6.12. The fourth-order valence-corrected chi connectivity index (χ4v) is 6.22. The molecule has 5 nitrogen and oxygen atoms in total. The molecule has 0 saturated heterocycles. The van der Waals surface area contributed by atoms with Gasteiger partial charge >= 0.3 is 6.18 Å². The van der Waals surface area contributed by atoms with Crippen molar-refractivity contribution in [3.8, 4) is 0 Å². The Morgan fingerprint density at radius 2 is 1.63 bits per heavy atom. The molecule has 3 rings (SSSR count). The van der Waals surface area contributed by atoms with Gasteiger partial charge in [-0.1, -0.05) is 25.3 Å². The Morgan fingerprint density at radius 1 is 0.967 bits per heavy atom. The van der Waals surface area contributed by atoms with E-state index >= 15 is 0 Å². The quantitative estimate of drug-likeness (QED) is 0.697. The minimum Gasteiger partial charge on any atom is -0.352 e. The molecule has 0 heterocycles. The number of sulfone groups is 1. The van der Waals surface area contributed by atoms with Crippen molar-refractivity contribution in [3.63, 3.8) is 0 Å². The van der Waals surface area contributed by atoms with E-state index in [-0.39, 0.29) is 29.4 Å². The molecule has 0 unspecified atom stereocenters. The summed E-state index contributed by atoms with van der Waals surface area (Å²) in [6.07, 6.45) is 2.82.